The van der Waals surface area contributed by atoms with Gasteiger partial charge in [-0.3, -0.25) is 20.4 Å². The van der Waals surface area contributed by atoms with Crippen LogP contribution in [0.2, 0.25) is 0 Å². The Hall–Kier alpha value is -3.19. The summed E-state index contributed by atoms with van der Waals surface area (Å²) in [6.45, 7) is 1.97. The molecule has 2 amide bonds. The number of thioether (sulfide) groups is 1. The molecule has 7 heteroatoms. The summed E-state index contributed by atoms with van der Waals surface area (Å²) in [5.74, 6) is 0.475. The van der Waals surface area contributed by atoms with E-state index in [-0.39, 0.29) is 23.5 Å². The second-order valence-corrected chi connectivity index (χ2v) is 7.30. The Morgan fingerprint density at radius 3 is 2.36 bits per heavy atom. The summed E-state index contributed by atoms with van der Waals surface area (Å²) in [5.41, 5.74) is 4.78. The number of carbonyl (C=O) groups excluding carboxylic acids is 2. The van der Waals surface area contributed by atoms with Gasteiger partial charge in [0.05, 0.1) is 5.25 Å². The zero-order chi connectivity index (χ0) is 19.8. The van der Waals surface area contributed by atoms with Gasteiger partial charge in [0.15, 0.2) is 5.76 Å². The molecule has 0 radical (unpaired) electrons. The topological polar surface area (TPSA) is 80.6 Å². The van der Waals surface area contributed by atoms with Gasteiger partial charge in [0.25, 0.3) is 5.91 Å². The first-order valence-corrected chi connectivity index (χ1v) is 9.58. The third-order valence-electron chi connectivity index (χ3n) is 3.73. The van der Waals surface area contributed by atoms with Crippen LogP contribution in [-0.4, -0.2) is 17.1 Å². The van der Waals surface area contributed by atoms with Crippen molar-refractivity contribution in [1.29, 1.82) is 0 Å². The van der Waals surface area contributed by atoms with Gasteiger partial charge in [0, 0.05) is 4.90 Å². The Balaban J connectivity index is 1.45. The minimum absolute atomic E-state index is 0.0929. The first kappa shape index (κ1) is 19.6. The predicted octanol–water partition coefficient (Wildman–Crippen LogP) is 3.80. The Morgan fingerprint density at radius 1 is 0.964 bits per heavy atom. The van der Waals surface area contributed by atoms with E-state index in [0.717, 1.165) is 4.90 Å². The number of para-hydroxylation sites is 1. The summed E-state index contributed by atoms with van der Waals surface area (Å²) in [6.07, 6.45) is 0. The van der Waals surface area contributed by atoms with Gasteiger partial charge in [0.2, 0.25) is 0 Å². The summed E-state index contributed by atoms with van der Waals surface area (Å²) in [7, 11) is 0. The first-order chi connectivity index (χ1) is 13.6. The van der Waals surface area contributed by atoms with Gasteiger partial charge in [-0.1, -0.05) is 36.4 Å². The molecule has 0 fully saturated rings. The number of hydrogen-bond donors (Lipinski definition) is 2. The molecule has 0 bridgehead atoms. The van der Waals surface area contributed by atoms with E-state index in [9.17, 15) is 9.59 Å². The summed E-state index contributed by atoms with van der Waals surface area (Å²) in [4.78, 5) is 25.3. The molecule has 2 N–H and O–H groups in total. The highest BCUT2D eigenvalue weighted by atomic mass is 32.2. The van der Waals surface area contributed by atoms with E-state index < -0.39 is 5.91 Å². The molecule has 0 aliphatic heterocycles. The molecule has 3 rings (SSSR count). The molecule has 28 heavy (non-hydrogen) atoms. The van der Waals surface area contributed by atoms with E-state index in [1.807, 2.05) is 60.7 Å². The highest BCUT2D eigenvalue weighted by Crippen LogP contribution is 2.22. The molecule has 0 unspecified atom stereocenters. The number of hydrogen-bond acceptors (Lipinski definition) is 5. The number of rotatable bonds is 7. The van der Waals surface area contributed by atoms with Gasteiger partial charge >= 0.3 is 5.91 Å². The number of nitrogens with one attached hydrogen (secondary N) is 2. The zero-order valence-corrected chi connectivity index (χ0v) is 16.1. The Morgan fingerprint density at radius 2 is 1.64 bits per heavy atom. The molecular formula is C21H20N2O4S. The van der Waals surface area contributed by atoms with Crippen molar-refractivity contribution >= 4 is 23.6 Å². The number of carbonyl (C=O) groups is 2. The number of amides is 2. The van der Waals surface area contributed by atoms with Gasteiger partial charge in [-0.15, -0.1) is 11.8 Å². The average molecular weight is 396 g/mol. The summed E-state index contributed by atoms with van der Waals surface area (Å²) < 4.78 is 11.0. The van der Waals surface area contributed by atoms with Crippen LogP contribution in [0.1, 0.15) is 23.2 Å². The quantitative estimate of drug-likeness (QED) is 0.469. The number of hydrazine groups is 1. The van der Waals surface area contributed by atoms with E-state index in [1.54, 1.807) is 13.0 Å². The second kappa shape index (κ2) is 9.66. The number of ether oxygens (including phenoxy) is 1. The fraction of sp³-hybridized carbons (Fsp3) is 0.143. The molecular weight excluding hydrogens is 376 g/mol. The third kappa shape index (κ3) is 5.65. The molecule has 0 aliphatic carbocycles. The van der Waals surface area contributed by atoms with E-state index in [4.69, 9.17) is 9.15 Å². The Labute approximate surface area is 167 Å². The van der Waals surface area contributed by atoms with Crippen molar-refractivity contribution < 1.29 is 18.7 Å². The van der Waals surface area contributed by atoms with Crippen LogP contribution in [0.3, 0.4) is 0 Å². The highest BCUT2D eigenvalue weighted by Gasteiger charge is 2.17. The zero-order valence-electron chi connectivity index (χ0n) is 15.3. The molecule has 2 aromatic carbocycles. The fourth-order valence-electron chi connectivity index (χ4n) is 2.29. The van der Waals surface area contributed by atoms with Gasteiger partial charge < -0.3 is 9.15 Å². The highest BCUT2D eigenvalue weighted by molar-refractivity contribution is 8.00. The Bertz CT molecular complexity index is 912. The molecule has 0 saturated carbocycles. The first-order valence-electron chi connectivity index (χ1n) is 8.70. The van der Waals surface area contributed by atoms with Crippen molar-refractivity contribution in [2.75, 3.05) is 0 Å². The lowest BCUT2D eigenvalue weighted by Crippen LogP contribution is -2.44. The minimum atomic E-state index is -0.531. The largest absolute Gasteiger partial charge is 0.486 e. The van der Waals surface area contributed by atoms with E-state index in [0.29, 0.717) is 11.5 Å². The van der Waals surface area contributed by atoms with Crippen LogP contribution in [0.15, 0.2) is 82.1 Å². The van der Waals surface area contributed by atoms with Crippen molar-refractivity contribution in [1.82, 2.24) is 10.9 Å². The SMILES string of the molecule is C[C@H](Sc1ccccc1)C(=O)NNC(=O)c1ccc(COc2ccccc2)o1. The van der Waals surface area contributed by atoms with Gasteiger partial charge in [-0.25, -0.2) is 0 Å². The summed E-state index contributed by atoms with van der Waals surface area (Å²) in [5, 5.41) is -0.367. The minimum Gasteiger partial charge on any atom is -0.486 e. The van der Waals surface area contributed by atoms with Crippen LogP contribution in [0.5, 0.6) is 5.75 Å². The van der Waals surface area contributed by atoms with Crippen molar-refractivity contribution in [2.45, 2.75) is 23.7 Å². The molecule has 0 aliphatic rings. The second-order valence-electron chi connectivity index (χ2n) is 5.88. The lowest BCUT2D eigenvalue weighted by molar-refractivity contribution is -0.121. The normalized spacial score (nSPS) is 11.5. The fourth-order valence-corrected chi connectivity index (χ4v) is 3.18. The van der Waals surface area contributed by atoms with Gasteiger partial charge in [-0.2, -0.15) is 0 Å². The molecule has 3 aromatic rings. The van der Waals surface area contributed by atoms with Crippen molar-refractivity contribution in [3.05, 3.63) is 84.3 Å². The molecule has 1 heterocycles. The maximum absolute atomic E-state index is 12.2. The van der Waals surface area contributed by atoms with Crippen molar-refractivity contribution in [3.8, 4) is 5.75 Å². The van der Waals surface area contributed by atoms with Crippen LogP contribution in [0.4, 0.5) is 0 Å². The standard InChI is InChI=1S/C21H20N2O4S/c1-15(28-18-10-6-3-7-11-18)20(24)22-23-21(25)19-13-12-17(27-19)14-26-16-8-4-2-5-9-16/h2-13,15H,14H2,1H3,(H,22,24)(H,23,25)/t15-/m0/s1. The van der Waals surface area contributed by atoms with E-state index >= 15 is 0 Å². The predicted molar refractivity (Wildman–Crippen MR) is 107 cm³/mol. The lowest BCUT2D eigenvalue weighted by atomic mass is 10.3. The van der Waals surface area contributed by atoms with Crippen LogP contribution in [0.25, 0.3) is 0 Å². The van der Waals surface area contributed by atoms with Gasteiger partial charge in [-0.05, 0) is 43.3 Å². The van der Waals surface area contributed by atoms with Crippen molar-refractivity contribution in [3.63, 3.8) is 0 Å². The van der Waals surface area contributed by atoms with Gasteiger partial charge in [0.1, 0.15) is 18.1 Å². The number of benzene rings is 2. The summed E-state index contributed by atoms with van der Waals surface area (Å²) >= 11 is 1.40. The molecule has 144 valence electrons. The smallest absolute Gasteiger partial charge is 0.305 e. The number of furan rings is 1. The molecule has 0 spiro atoms. The lowest BCUT2D eigenvalue weighted by Gasteiger charge is -2.12. The third-order valence-corrected chi connectivity index (χ3v) is 4.85. The van der Waals surface area contributed by atoms with Crippen LogP contribution >= 0.6 is 11.8 Å². The maximum atomic E-state index is 12.2. The van der Waals surface area contributed by atoms with E-state index in [1.165, 1.54) is 17.8 Å². The monoisotopic (exact) mass is 396 g/mol. The Kier molecular flexibility index (Phi) is 6.75. The molecule has 6 nitrogen and oxygen atoms in total. The average Bonchev–Trinajstić information content (AvgIpc) is 3.21. The molecule has 1 atom stereocenters. The molecule has 1 aromatic heterocycles. The maximum Gasteiger partial charge on any atom is 0.305 e. The summed E-state index contributed by atoms with van der Waals surface area (Å²) in [6, 6.07) is 22.1. The van der Waals surface area contributed by atoms with E-state index in [2.05, 4.69) is 10.9 Å². The van der Waals surface area contributed by atoms with Crippen molar-refractivity contribution in [2.24, 2.45) is 0 Å². The van der Waals surface area contributed by atoms with Crippen LogP contribution in [0, 0.1) is 0 Å². The van der Waals surface area contributed by atoms with Crippen LogP contribution in [-0.2, 0) is 11.4 Å². The van der Waals surface area contributed by atoms with Crippen LogP contribution < -0.4 is 15.6 Å². The molecule has 0 saturated heterocycles.